The van der Waals surface area contributed by atoms with Crippen molar-refractivity contribution in [2.45, 2.75) is 13.5 Å². The van der Waals surface area contributed by atoms with Gasteiger partial charge in [0.1, 0.15) is 6.26 Å². The highest BCUT2D eigenvalue weighted by Crippen LogP contribution is 2.26. The van der Waals surface area contributed by atoms with E-state index < -0.39 is 0 Å². The molecule has 1 aliphatic heterocycles. The molecule has 212 valence electrons. The molecular formula is C32H32N8O2. The lowest BCUT2D eigenvalue weighted by molar-refractivity contribution is 0.102. The molecule has 0 bridgehead atoms. The molecular weight excluding hydrogens is 528 g/mol. The number of carbonyl (C=O) groups excluding carboxylic acids is 1. The summed E-state index contributed by atoms with van der Waals surface area (Å²) in [5, 5.41) is 6.31. The van der Waals surface area contributed by atoms with E-state index in [2.05, 4.69) is 47.4 Å². The average Bonchev–Trinajstić information content (AvgIpc) is 3.56. The minimum atomic E-state index is -0.160. The molecule has 0 radical (unpaired) electrons. The molecule has 4 heterocycles. The van der Waals surface area contributed by atoms with Gasteiger partial charge in [0, 0.05) is 73.8 Å². The first kappa shape index (κ1) is 27.3. The maximum absolute atomic E-state index is 13.0. The van der Waals surface area contributed by atoms with Gasteiger partial charge in [-0.2, -0.15) is 0 Å². The van der Waals surface area contributed by atoms with Gasteiger partial charge in [0.15, 0.2) is 0 Å². The number of oxazole rings is 1. The Morgan fingerprint density at radius 1 is 0.929 bits per heavy atom. The molecule has 5 aromatic rings. The van der Waals surface area contributed by atoms with Crippen molar-refractivity contribution in [2.24, 2.45) is 0 Å². The number of hydrogen-bond donors (Lipinski definition) is 2. The first-order valence-corrected chi connectivity index (χ1v) is 13.9. The Kier molecular flexibility index (Phi) is 7.98. The predicted octanol–water partition coefficient (Wildman–Crippen LogP) is 5.25. The summed E-state index contributed by atoms with van der Waals surface area (Å²) in [4.78, 5) is 35.4. The van der Waals surface area contributed by atoms with Crippen LogP contribution in [0.1, 0.15) is 21.5 Å². The normalized spacial score (nSPS) is 14.0. The highest BCUT2D eigenvalue weighted by atomic mass is 16.3. The number of nitrogens with one attached hydrogen (secondary N) is 2. The highest BCUT2D eigenvalue weighted by molar-refractivity contribution is 6.04. The summed E-state index contributed by atoms with van der Waals surface area (Å²) >= 11 is 0. The number of aromatic nitrogens is 4. The average molecular weight is 561 g/mol. The zero-order chi connectivity index (χ0) is 28.9. The molecule has 42 heavy (non-hydrogen) atoms. The summed E-state index contributed by atoms with van der Waals surface area (Å²) < 4.78 is 5.40. The number of nitrogens with zero attached hydrogens (tertiary/aromatic N) is 6. The minimum Gasteiger partial charge on any atom is -0.444 e. The lowest BCUT2D eigenvalue weighted by atomic mass is 10.1. The molecule has 0 spiro atoms. The Morgan fingerprint density at radius 2 is 1.74 bits per heavy atom. The summed E-state index contributed by atoms with van der Waals surface area (Å²) in [6, 6.07) is 17.3. The first-order valence-electron chi connectivity index (χ1n) is 13.9. The summed E-state index contributed by atoms with van der Waals surface area (Å²) in [6.07, 6.45) is 8.25. The molecule has 10 nitrogen and oxygen atoms in total. The van der Waals surface area contributed by atoms with Gasteiger partial charge in [-0.25, -0.2) is 15.0 Å². The second kappa shape index (κ2) is 12.3. The number of aryl methyl sites for hydroxylation is 1. The number of anilines is 3. The Balaban J connectivity index is 1.12. The van der Waals surface area contributed by atoms with Crippen molar-refractivity contribution in [1.82, 2.24) is 29.7 Å². The van der Waals surface area contributed by atoms with Crippen molar-refractivity contribution in [1.29, 1.82) is 0 Å². The van der Waals surface area contributed by atoms with Gasteiger partial charge in [-0.3, -0.25) is 14.7 Å². The lowest BCUT2D eigenvalue weighted by Gasteiger charge is -2.32. The van der Waals surface area contributed by atoms with E-state index in [1.165, 1.54) is 11.8 Å². The van der Waals surface area contributed by atoms with Crippen LogP contribution in [0.4, 0.5) is 17.3 Å². The first-order chi connectivity index (χ1) is 20.5. The van der Waals surface area contributed by atoms with E-state index in [4.69, 9.17) is 4.42 Å². The van der Waals surface area contributed by atoms with Crippen LogP contribution in [0.15, 0.2) is 90.1 Å². The van der Waals surface area contributed by atoms with Gasteiger partial charge in [-0.05, 0) is 61.5 Å². The zero-order valence-electron chi connectivity index (χ0n) is 23.6. The second-order valence-corrected chi connectivity index (χ2v) is 10.5. The second-order valence-electron chi connectivity index (χ2n) is 10.5. The Hall–Kier alpha value is -4.93. The van der Waals surface area contributed by atoms with Gasteiger partial charge in [0.05, 0.1) is 17.5 Å². The quantitative estimate of drug-likeness (QED) is 0.263. The molecule has 0 aliphatic carbocycles. The van der Waals surface area contributed by atoms with E-state index in [9.17, 15) is 4.79 Å². The summed E-state index contributed by atoms with van der Waals surface area (Å²) in [6.45, 7) is 7.18. The fourth-order valence-electron chi connectivity index (χ4n) is 4.83. The van der Waals surface area contributed by atoms with E-state index >= 15 is 0 Å². The maximum atomic E-state index is 13.0. The standard InChI is InChI=1S/C32H32N8O2/c1-22-3-8-27(36-30(41)24-6-4-23(5-7-24)21-40-14-12-39(2)13-15-40)18-29(22)38-32-35-10-9-28(37-32)25-17-26(20-33-19-25)31-34-11-16-42-31/h3-11,16-20H,12-15,21H2,1-2H3,(H,36,41)(H,35,37,38). The van der Waals surface area contributed by atoms with E-state index in [0.29, 0.717) is 28.8 Å². The van der Waals surface area contributed by atoms with Crippen molar-refractivity contribution in [3.63, 3.8) is 0 Å². The Bertz CT molecular complexity index is 1660. The smallest absolute Gasteiger partial charge is 0.255 e. The molecule has 1 saturated heterocycles. The van der Waals surface area contributed by atoms with Crippen LogP contribution in [-0.4, -0.2) is 68.9 Å². The number of hydrogen-bond acceptors (Lipinski definition) is 9. The van der Waals surface area contributed by atoms with Gasteiger partial charge in [-0.1, -0.05) is 18.2 Å². The molecule has 1 amide bonds. The van der Waals surface area contributed by atoms with Crippen molar-refractivity contribution >= 4 is 23.2 Å². The number of piperazine rings is 1. The fourth-order valence-corrected chi connectivity index (χ4v) is 4.83. The number of amides is 1. The molecule has 0 saturated carbocycles. The molecule has 0 atom stereocenters. The number of carbonyl (C=O) groups is 1. The fraction of sp³-hybridized carbons (Fsp3) is 0.219. The van der Waals surface area contributed by atoms with Crippen LogP contribution in [0.25, 0.3) is 22.7 Å². The van der Waals surface area contributed by atoms with Gasteiger partial charge < -0.3 is 20.0 Å². The molecule has 10 heteroatoms. The van der Waals surface area contributed by atoms with Gasteiger partial charge >= 0.3 is 0 Å². The third-order valence-corrected chi connectivity index (χ3v) is 7.33. The monoisotopic (exact) mass is 560 g/mol. The van der Waals surface area contributed by atoms with Crippen molar-refractivity contribution in [3.05, 3.63) is 102 Å². The van der Waals surface area contributed by atoms with Crippen LogP contribution in [0.5, 0.6) is 0 Å². The van der Waals surface area contributed by atoms with Crippen LogP contribution in [0.2, 0.25) is 0 Å². The third kappa shape index (κ3) is 6.51. The summed E-state index contributed by atoms with van der Waals surface area (Å²) in [5.74, 6) is 0.761. The molecule has 2 N–H and O–H groups in total. The predicted molar refractivity (Wildman–Crippen MR) is 162 cm³/mol. The van der Waals surface area contributed by atoms with Crippen molar-refractivity contribution in [3.8, 4) is 22.7 Å². The van der Waals surface area contributed by atoms with Crippen LogP contribution in [0, 0.1) is 6.92 Å². The van der Waals surface area contributed by atoms with Crippen LogP contribution < -0.4 is 10.6 Å². The number of benzene rings is 2. The van der Waals surface area contributed by atoms with E-state index in [-0.39, 0.29) is 5.91 Å². The zero-order valence-corrected chi connectivity index (χ0v) is 23.6. The van der Waals surface area contributed by atoms with Crippen molar-refractivity contribution in [2.75, 3.05) is 43.9 Å². The molecule has 1 aliphatic rings. The number of rotatable bonds is 8. The minimum absolute atomic E-state index is 0.160. The lowest BCUT2D eigenvalue weighted by Crippen LogP contribution is -2.43. The topological polar surface area (TPSA) is 112 Å². The Labute approximate surface area is 244 Å². The van der Waals surface area contributed by atoms with Gasteiger partial charge in [0.25, 0.3) is 5.91 Å². The van der Waals surface area contributed by atoms with Crippen molar-refractivity contribution < 1.29 is 9.21 Å². The maximum Gasteiger partial charge on any atom is 0.255 e. The molecule has 6 rings (SSSR count). The number of likely N-dealkylation sites (N-methyl/N-ethyl adjacent to an activating group) is 1. The SMILES string of the molecule is Cc1ccc(NC(=O)c2ccc(CN3CCN(C)CC3)cc2)cc1Nc1nccc(-c2cncc(-c3ncco3)c2)n1. The Morgan fingerprint density at radius 3 is 2.52 bits per heavy atom. The van der Waals surface area contributed by atoms with Gasteiger partial charge in [-0.15, -0.1) is 0 Å². The van der Waals surface area contributed by atoms with Crippen LogP contribution >= 0.6 is 0 Å². The molecule has 0 unspecified atom stereocenters. The van der Waals surface area contributed by atoms with Gasteiger partial charge in [0.2, 0.25) is 11.8 Å². The molecule has 3 aromatic heterocycles. The van der Waals surface area contributed by atoms with E-state index in [1.54, 1.807) is 24.8 Å². The number of pyridine rings is 1. The van der Waals surface area contributed by atoms with Crippen LogP contribution in [-0.2, 0) is 6.54 Å². The largest absolute Gasteiger partial charge is 0.444 e. The van der Waals surface area contributed by atoms with Crippen LogP contribution in [0.3, 0.4) is 0 Å². The summed E-state index contributed by atoms with van der Waals surface area (Å²) in [7, 11) is 2.16. The third-order valence-electron chi connectivity index (χ3n) is 7.33. The molecule has 2 aromatic carbocycles. The van der Waals surface area contributed by atoms with E-state index in [0.717, 1.165) is 55.1 Å². The highest BCUT2D eigenvalue weighted by Gasteiger charge is 2.15. The molecule has 1 fully saturated rings. The van der Waals surface area contributed by atoms with E-state index in [1.807, 2.05) is 61.5 Å². The summed E-state index contributed by atoms with van der Waals surface area (Å²) in [5.41, 5.74) is 6.55.